The molecule has 1 aromatic rings. The molecule has 84 valence electrons. The molecule has 3 heteroatoms. The number of ether oxygens (including phenoxy) is 1. The maximum Gasteiger partial charge on any atom is 0.315 e. The average Bonchev–Trinajstić information content (AvgIpc) is 2.29. The van der Waals surface area contributed by atoms with Gasteiger partial charge < -0.3 is 4.74 Å². The molecule has 0 bridgehead atoms. The lowest BCUT2D eigenvalue weighted by atomic mass is 9.85. The Morgan fingerprint density at radius 2 is 1.94 bits per heavy atom. The molecule has 0 aromatic heterocycles. The van der Waals surface area contributed by atoms with Crippen molar-refractivity contribution in [3.8, 4) is 0 Å². The van der Waals surface area contributed by atoms with Gasteiger partial charge >= 0.3 is 5.97 Å². The topological polar surface area (TPSA) is 30.7 Å². The Morgan fingerprint density at radius 3 is 2.38 bits per heavy atom. The van der Waals surface area contributed by atoms with Crippen LogP contribution in [0, 0.1) is 6.57 Å². The fraction of sp³-hybridized carbons (Fsp3) is 0.385. The summed E-state index contributed by atoms with van der Waals surface area (Å²) >= 11 is 0. The largest absolute Gasteiger partial charge is 0.465 e. The fourth-order valence-electron chi connectivity index (χ4n) is 1.38. The van der Waals surface area contributed by atoms with Gasteiger partial charge in [-0.05, 0) is 26.3 Å². The van der Waals surface area contributed by atoms with Crippen molar-refractivity contribution in [3.63, 3.8) is 0 Å². The van der Waals surface area contributed by atoms with Crippen LogP contribution in [0.4, 0.5) is 5.69 Å². The van der Waals surface area contributed by atoms with Gasteiger partial charge in [-0.1, -0.05) is 24.3 Å². The number of carbonyl (C=O) groups is 1. The van der Waals surface area contributed by atoms with E-state index in [4.69, 9.17) is 11.3 Å². The predicted molar refractivity (Wildman–Crippen MR) is 62.4 cm³/mol. The molecule has 16 heavy (non-hydrogen) atoms. The number of benzene rings is 1. The standard InChI is InChI=1S/C13H15NO2/c1-5-16-12(15)13(2,3)10-6-8-11(14-4)9-7-10/h6-9H,5H2,1-3H3. The summed E-state index contributed by atoms with van der Waals surface area (Å²) in [6, 6.07) is 7.02. The smallest absolute Gasteiger partial charge is 0.315 e. The van der Waals surface area contributed by atoms with E-state index in [0.29, 0.717) is 12.3 Å². The van der Waals surface area contributed by atoms with Gasteiger partial charge in [-0.3, -0.25) is 4.79 Å². The minimum atomic E-state index is -0.670. The van der Waals surface area contributed by atoms with Crippen molar-refractivity contribution < 1.29 is 9.53 Å². The molecule has 0 atom stereocenters. The van der Waals surface area contributed by atoms with Crippen LogP contribution >= 0.6 is 0 Å². The zero-order chi connectivity index (χ0) is 12.2. The van der Waals surface area contributed by atoms with Gasteiger partial charge in [0.25, 0.3) is 0 Å². The van der Waals surface area contributed by atoms with Crippen molar-refractivity contribution in [2.45, 2.75) is 26.2 Å². The summed E-state index contributed by atoms with van der Waals surface area (Å²) in [6.07, 6.45) is 0. The van der Waals surface area contributed by atoms with Crippen molar-refractivity contribution in [1.82, 2.24) is 0 Å². The average molecular weight is 217 g/mol. The highest BCUT2D eigenvalue weighted by molar-refractivity contribution is 5.82. The van der Waals surface area contributed by atoms with Crippen LogP contribution in [0.15, 0.2) is 24.3 Å². The highest BCUT2D eigenvalue weighted by atomic mass is 16.5. The molecule has 0 N–H and O–H groups in total. The van der Waals surface area contributed by atoms with Gasteiger partial charge in [0, 0.05) is 0 Å². The molecule has 0 saturated heterocycles. The molecule has 0 amide bonds. The van der Waals surface area contributed by atoms with Crippen molar-refractivity contribution in [3.05, 3.63) is 41.2 Å². The second-order valence-electron chi connectivity index (χ2n) is 4.00. The van der Waals surface area contributed by atoms with E-state index >= 15 is 0 Å². The Kier molecular flexibility index (Phi) is 3.68. The van der Waals surface area contributed by atoms with E-state index in [1.807, 2.05) is 13.8 Å². The number of rotatable bonds is 3. The molecular weight excluding hydrogens is 202 g/mol. The molecule has 0 fully saturated rings. The van der Waals surface area contributed by atoms with Gasteiger partial charge in [0.15, 0.2) is 5.69 Å². The lowest BCUT2D eigenvalue weighted by molar-refractivity contribution is -0.148. The Morgan fingerprint density at radius 1 is 1.38 bits per heavy atom. The first-order chi connectivity index (χ1) is 7.52. The fourth-order valence-corrected chi connectivity index (χ4v) is 1.38. The minimum absolute atomic E-state index is 0.245. The van der Waals surface area contributed by atoms with Gasteiger partial charge in [-0.15, -0.1) is 0 Å². The molecule has 0 radical (unpaired) electrons. The first kappa shape index (κ1) is 12.3. The SMILES string of the molecule is [C-]#[N+]c1ccc(C(C)(C)C(=O)OCC)cc1. The van der Waals surface area contributed by atoms with Crippen LogP contribution in [-0.2, 0) is 14.9 Å². The van der Waals surface area contributed by atoms with Crippen LogP contribution in [0.5, 0.6) is 0 Å². The van der Waals surface area contributed by atoms with Crippen LogP contribution in [-0.4, -0.2) is 12.6 Å². The zero-order valence-electron chi connectivity index (χ0n) is 9.78. The normalized spacial score (nSPS) is 10.6. The van der Waals surface area contributed by atoms with E-state index in [2.05, 4.69) is 4.85 Å². The van der Waals surface area contributed by atoms with Crippen LogP contribution in [0.3, 0.4) is 0 Å². The molecule has 0 saturated carbocycles. The number of carbonyl (C=O) groups excluding carboxylic acids is 1. The van der Waals surface area contributed by atoms with Crippen molar-refractivity contribution in [1.29, 1.82) is 0 Å². The Hall–Kier alpha value is -1.82. The van der Waals surface area contributed by atoms with Gasteiger partial charge in [-0.25, -0.2) is 4.85 Å². The molecule has 0 heterocycles. The Balaban J connectivity index is 2.98. The molecule has 0 aliphatic heterocycles. The quantitative estimate of drug-likeness (QED) is 0.575. The summed E-state index contributed by atoms with van der Waals surface area (Å²) in [4.78, 5) is 15.0. The van der Waals surface area contributed by atoms with E-state index in [1.54, 1.807) is 31.2 Å². The number of hydrogen-bond donors (Lipinski definition) is 0. The second-order valence-corrected chi connectivity index (χ2v) is 4.00. The van der Waals surface area contributed by atoms with Gasteiger partial charge in [0.1, 0.15) is 0 Å². The van der Waals surface area contributed by atoms with Gasteiger partial charge in [0.05, 0.1) is 18.6 Å². The summed E-state index contributed by atoms with van der Waals surface area (Å²) in [6.45, 7) is 12.7. The number of hydrogen-bond acceptors (Lipinski definition) is 2. The third-order valence-corrected chi connectivity index (χ3v) is 2.50. The first-order valence-electron chi connectivity index (χ1n) is 5.17. The van der Waals surface area contributed by atoms with E-state index in [-0.39, 0.29) is 5.97 Å². The molecule has 0 aliphatic rings. The predicted octanol–water partition coefficient (Wildman–Crippen LogP) is 3.08. The van der Waals surface area contributed by atoms with E-state index in [9.17, 15) is 4.79 Å². The molecule has 0 aliphatic carbocycles. The van der Waals surface area contributed by atoms with Crippen LogP contribution < -0.4 is 0 Å². The highest BCUT2D eigenvalue weighted by Gasteiger charge is 2.30. The lowest BCUT2D eigenvalue weighted by Gasteiger charge is -2.22. The summed E-state index contributed by atoms with van der Waals surface area (Å²) in [5.74, 6) is -0.245. The van der Waals surface area contributed by atoms with Gasteiger partial charge in [0.2, 0.25) is 0 Å². The van der Waals surface area contributed by atoms with Crippen LogP contribution in [0.1, 0.15) is 26.3 Å². The Labute approximate surface area is 95.9 Å². The Bertz CT molecular complexity index is 413. The van der Waals surface area contributed by atoms with Gasteiger partial charge in [-0.2, -0.15) is 0 Å². The molecule has 3 nitrogen and oxygen atoms in total. The third kappa shape index (κ3) is 2.40. The van der Waals surface area contributed by atoms with Crippen molar-refractivity contribution in [2.24, 2.45) is 0 Å². The van der Waals surface area contributed by atoms with Crippen molar-refractivity contribution >= 4 is 11.7 Å². The van der Waals surface area contributed by atoms with E-state index in [0.717, 1.165) is 5.56 Å². The molecule has 0 unspecified atom stereocenters. The maximum atomic E-state index is 11.7. The maximum absolute atomic E-state index is 11.7. The monoisotopic (exact) mass is 217 g/mol. The van der Waals surface area contributed by atoms with E-state index < -0.39 is 5.41 Å². The first-order valence-corrected chi connectivity index (χ1v) is 5.17. The zero-order valence-corrected chi connectivity index (χ0v) is 9.78. The summed E-state index contributed by atoms with van der Waals surface area (Å²) in [5, 5.41) is 0. The summed E-state index contributed by atoms with van der Waals surface area (Å²) in [7, 11) is 0. The van der Waals surface area contributed by atoms with E-state index in [1.165, 1.54) is 0 Å². The summed E-state index contributed by atoms with van der Waals surface area (Å²) in [5.41, 5.74) is 0.762. The lowest BCUT2D eigenvalue weighted by Crippen LogP contribution is -2.30. The highest BCUT2D eigenvalue weighted by Crippen LogP contribution is 2.26. The van der Waals surface area contributed by atoms with Crippen LogP contribution in [0.25, 0.3) is 4.85 Å². The molecule has 0 spiro atoms. The number of esters is 1. The summed E-state index contributed by atoms with van der Waals surface area (Å²) < 4.78 is 5.02. The minimum Gasteiger partial charge on any atom is -0.465 e. The van der Waals surface area contributed by atoms with Crippen molar-refractivity contribution in [2.75, 3.05) is 6.61 Å². The second kappa shape index (κ2) is 4.80. The number of nitrogens with zero attached hydrogens (tertiary/aromatic N) is 1. The third-order valence-electron chi connectivity index (χ3n) is 2.50. The molecule has 1 rings (SSSR count). The molecule has 1 aromatic carbocycles. The van der Waals surface area contributed by atoms with Crippen LogP contribution in [0.2, 0.25) is 0 Å². The molecular formula is C13H15NO2.